The van der Waals surface area contributed by atoms with Crippen LogP contribution in [0.4, 0.5) is 0 Å². The van der Waals surface area contributed by atoms with Crippen LogP contribution in [0.2, 0.25) is 0 Å². The van der Waals surface area contributed by atoms with E-state index in [-0.39, 0.29) is 5.75 Å². The topological polar surface area (TPSA) is 160 Å². The quantitative estimate of drug-likeness (QED) is 0.298. The maximum Gasteiger partial charge on any atom is 0.186 e. The lowest BCUT2D eigenvalue weighted by atomic mass is 9.99. The first kappa shape index (κ1) is 19.0. The summed E-state index contributed by atoms with van der Waals surface area (Å²) in [6.07, 6.45) is -9.86. The van der Waals surface area contributed by atoms with Crippen molar-refractivity contribution in [3.05, 3.63) is 29.8 Å². The number of phenols is 1. The molecule has 1 fully saturated rings. The third-order valence-corrected chi connectivity index (χ3v) is 3.88. The molecule has 9 nitrogen and oxygen atoms in total. The van der Waals surface area contributed by atoms with E-state index in [0.29, 0.717) is 5.56 Å². The molecule has 1 heterocycles. The zero-order chi connectivity index (χ0) is 17.9. The van der Waals surface area contributed by atoms with Gasteiger partial charge in [0, 0.05) is 0 Å². The second-order valence-electron chi connectivity index (χ2n) is 5.63. The molecule has 0 spiro atoms. The zero-order valence-electron chi connectivity index (χ0n) is 12.7. The van der Waals surface area contributed by atoms with Crippen LogP contribution in [0.1, 0.15) is 11.7 Å². The molecule has 5 unspecified atom stereocenters. The summed E-state index contributed by atoms with van der Waals surface area (Å²) in [7, 11) is 0. The lowest BCUT2D eigenvalue weighted by molar-refractivity contribution is -0.306. The molecular weight excluding hydrogens is 324 g/mol. The predicted molar refractivity (Wildman–Crippen MR) is 78.8 cm³/mol. The maximum absolute atomic E-state index is 10.0. The number of aliphatic hydroxyl groups is 6. The maximum atomic E-state index is 10.0. The Balaban J connectivity index is 1.92. The van der Waals surface area contributed by atoms with E-state index in [1.807, 2.05) is 0 Å². The van der Waals surface area contributed by atoms with Crippen molar-refractivity contribution >= 4 is 0 Å². The van der Waals surface area contributed by atoms with Gasteiger partial charge < -0.3 is 45.2 Å². The Morgan fingerprint density at radius 3 is 2.21 bits per heavy atom. The standard InChI is InChI=1S/C15H22O9/c16-5-10-12(20)13(21)14(22)15(24-10)23-6-9(18)11(19)7-1-3-8(17)4-2-7/h1-4,9-22H,5-6H2/t9?,10?,11?,12-,13?,14?,15-/m1/s1. The highest BCUT2D eigenvalue weighted by molar-refractivity contribution is 5.27. The zero-order valence-corrected chi connectivity index (χ0v) is 12.7. The van der Waals surface area contributed by atoms with Crippen molar-refractivity contribution in [2.24, 2.45) is 0 Å². The van der Waals surface area contributed by atoms with Gasteiger partial charge in [-0.15, -0.1) is 0 Å². The van der Waals surface area contributed by atoms with Gasteiger partial charge in [-0.1, -0.05) is 12.1 Å². The normalized spacial score (nSPS) is 33.2. The molecule has 1 saturated heterocycles. The molecule has 0 radical (unpaired) electrons. The summed E-state index contributed by atoms with van der Waals surface area (Å²) in [5.74, 6) is 0.0120. The van der Waals surface area contributed by atoms with Crippen LogP contribution >= 0.6 is 0 Å². The van der Waals surface area contributed by atoms with E-state index in [1.165, 1.54) is 24.3 Å². The van der Waals surface area contributed by atoms with E-state index in [2.05, 4.69) is 0 Å². The van der Waals surface area contributed by atoms with Crippen LogP contribution in [0.25, 0.3) is 0 Å². The van der Waals surface area contributed by atoms with E-state index in [9.17, 15) is 30.6 Å². The van der Waals surface area contributed by atoms with Gasteiger partial charge in [-0.25, -0.2) is 0 Å². The minimum absolute atomic E-state index is 0.0120. The number of benzene rings is 1. The molecule has 2 rings (SSSR count). The van der Waals surface area contributed by atoms with Gasteiger partial charge in [-0.2, -0.15) is 0 Å². The summed E-state index contributed by atoms with van der Waals surface area (Å²) in [5.41, 5.74) is 0.345. The van der Waals surface area contributed by atoms with Crippen molar-refractivity contribution in [1.29, 1.82) is 0 Å². The molecule has 1 aliphatic heterocycles. The van der Waals surface area contributed by atoms with E-state index < -0.39 is 56.1 Å². The van der Waals surface area contributed by atoms with Gasteiger partial charge in [0.2, 0.25) is 0 Å². The smallest absolute Gasteiger partial charge is 0.186 e. The Morgan fingerprint density at radius 1 is 1.00 bits per heavy atom. The van der Waals surface area contributed by atoms with Crippen molar-refractivity contribution in [1.82, 2.24) is 0 Å². The molecule has 7 atom stereocenters. The third-order valence-electron chi connectivity index (χ3n) is 3.88. The number of ether oxygens (including phenoxy) is 2. The first-order chi connectivity index (χ1) is 11.3. The second kappa shape index (κ2) is 8.19. The highest BCUT2D eigenvalue weighted by Gasteiger charge is 2.44. The number of aliphatic hydroxyl groups excluding tert-OH is 6. The van der Waals surface area contributed by atoms with Gasteiger partial charge in [0.15, 0.2) is 6.29 Å². The van der Waals surface area contributed by atoms with Gasteiger partial charge in [0.05, 0.1) is 13.2 Å². The fraction of sp³-hybridized carbons (Fsp3) is 0.600. The molecule has 24 heavy (non-hydrogen) atoms. The summed E-state index contributed by atoms with van der Waals surface area (Å²) < 4.78 is 10.3. The summed E-state index contributed by atoms with van der Waals surface area (Å²) in [6.45, 7) is -1.03. The molecule has 9 heteroatoms. The molecule has 136 valence electrons. The first-order valence-electron chi connectivity index (χ1n) is 7.42. The molecule has 0 bridgehead atoms. The van der Waals surface area contributed by atoms with Crippen molar-refractivity contribution in [2.75, 3.05) is 13.2 Å². The SMILES string of the molecule is OCC1O[C@@H](OCC(O)C(O)c2ccc(O)cc2)C(O)C(O)[C@@H]1O. The highest BCUT2D eigenvalue weighted by atomic mass is 16.7. The molecular formula is C15H22O9. The summed E-state index contributed by atoms with van der Waals surface area (Å²) in [6, 6.07) is 5.56. The summed E-state index contributed by atoms with van der Waals surface area (Å²) in [4.78, 5) is 0. The third kappa shape index (κ3) is 4.21. The van der Waals surface area contributed by atoms with Crippen LogP contribution < -0.4 is 0 Å². The van der Waals surface area contributed by atoms with Gasteiger partial charge in [0.1, 0.15) is 42.4 Å². The summed E-state index contributed by atoms with van der Waals surface area (Å²) in [5, 5.41) is 67.4. The van der Waals surface area contributed by atoms with Crippen molar-refractivity contribution in [2.45, 2.75) is 42.9 Å². The number of hydrogen-bond acceptors (Lipinski definition) is 9. The Kier molecular flexibility index (Phi) is 6.49. The van der Waals surface area contributed by atoms with E-state index in [0.717, 1.165) is 0 Å². The van der Waals surface area contributed by atoms with Crippen LogP contribution in [-0.2, 0) is 9.47 Å². The average Bonchev–Trinajstić information content (AvgIpc) is 2.59. The molecule has 0 aliphatic carbocycles. The lowest BCUT2D eigenvalue weighted by Crippen LogP contribution is -2.59. The highest BCUT2D eigenvalue weighted by Crippen LogP contribution is 2.24. The van der Waals surface area contributed by atoms with Crippen LogP contribution in [0.3, 0.4) is 0 Å². The Bertz CT molecular complexity index is 506. The van der Waals surface area contributed by atoms with Crippen molar-refractivity contribution in [3.8, 4) is 5.75 Å². The number of hydrogen-bond donors (Lipinski definition) is 7. The molecule has 7 N–H and O–H groups in total. The van der Waals surface area contributed by atoms with E-state index in [1.54, 1.807) is 0 Å². The van der Waals surface area contributed by atoms with Crippen molar-refractivity contribution in [3.63, 3.8) is 0 Å². The average molecular weight is 346 g/mol. The number of rotatable bonds is 6. The molecule has 1 aromatic rings. The molecule has 0 amide bonds. The largest absolute Gasteiger partial charge is 0.508 e. The lowest BCUT2D eigenvalue weighted by Gasteiger charge is -2.39. The van der Waals surface area contributed by atoms with E-state index >= 15 is 0 Å². The van der Waals surface area contributed by atoms with Gasteiger partial charge in [-0.05, 0) is 17.7 Å². The molecule has 0 saturated carbocycles. The van der Waals surface area contributed by atoms with Gasteiger partial charge in [-0.3, -0.25) is 0 Å². The van der Waals surface area contributed by atoms with Crippen molar-refractivity contribution < 1.29 is 45.2 Å². The molecule has 0 aromatic heterocycles. The molecule has 1 aromatic carbocycles. The monoisotopic (exact) mass is 346 g/mol. The van der Waals surface area contributed by atoms with Gasteiger partial charge >= 0.3 is 0 Å². The van der Waals surface area contributed by atoms with Crippen LogP contribution in [-0.4, -0.2) is 85.8 Å². The van der Waals surface area contributed by atoms with Crippen LogP contribution in [0, 0.1) is 0 Å². The Hall–Kier alpha value is -1.30. The predicted octanol–water partition coefficient (Wildman–Crippen LogP) is -2.40. The van der Waals surface area contributed by atoms with Gasteiger partial charge in [0.25, 0.3) is 0 Å². The van der Waals surface area contributed by atoms with Crippen LogP contribution in [0.15, 0.2) is 24.3 Å². The Labute approximate surface area is 137 Å². The minimum Gasteiger partial charge on any atom is -0.508 e. The fourth-order valence-corrected chi connectivity index (χ4v) is 2.38. The second-order valence-corrected chi connectivity index (χ2v) is 5.63. The number of aromatic hydroxyl groups is 1. The Morgan fingerprint density at radius 2 is 1.62 bits per heavy atom. The minimum atomic E-state index is -1.58. The first-order valence-corrected chi connectivity index (χ1v) is 7.42. The van der Waals surface area contributed by atoms with E-state index in [4.69, 9.17) is 14.6 Å². The molecule has 1 aliphatic rings. The summed E-state index contributed by atoms with van der Waals surface area (Å²) >= 11 is 0. The van der Waals surface area contributed by atoms with Crippen LogP contribution in [0.5, 0.6) is 5.75 Å². The fourth-order valence-electron chi connectivity index (χ4n) is 2.38. The number of phenolic OH excluding ortho intramolecular Hbond substituents is 1.